The summed E-state index contributed by atoms with van der Waals surface area (Å²) in [7, 11) is 0. The van der Waals surface area contributed by atoms with Gasteiger partial charge in [0.15, 0.2) is 0 Å². The van der Waals surface area contributed by atoms with Crippen LogP contribution < -0.4 is 9.47 Å². The van der Waals surface area contributed by atoms with Crippen LogP contribution in [0.5, 0.6) is 17.2 Å². The summed E-state index contributed by atoms with van der Waals surface area (Å²) in [6.07, 6.45) is 3.21. The van der Waals surface area contributed by atoms with Gasteiger partial charge in [0.1, 0.15) is 17.2 Å². The van der Waals surface area contributed by atoms with Gasteiger partial charge in [-0.3, -0.25) is 0 Å². The lowest BCUT2D eigenvalue weighted by molar-refractivity contribution is 0.102. The molecule has 1 aliphatic rings. The minimum atomic E-state index is -0.375. The molecule has 0 amide bonds. The Morgan fingerprint density at radius 1 is 0.636 bits per heavy atom. The number of hydrogen-bond donors (Lipinski definition) is 3. The van der Waals surface area contributed by atoms with Gasteiger partial charge in [-0.15, -0.1) is 0 Å². The fourth-order valence-electron chi connectivity index (χ4n) is 4.02. The minimum Gasteiger partial charge on any atom is -0.507 e. The molecule has 4 rings (SSSR count). The van der Waals surface area contributed by atoms with Gasteiger partial charge in [-0.2, -0.15) is 0 Å². The van der Waals surface area contributed by atoms with Crippen molar-refractivity contribution in [1.29, 1.82) is 0 Å². The Balaban J connectivity index is 0.000000372. The molecule has 0 spiro atoms. The number of halogens is 3. The monoisotopic (exact) mass is 802 g/mol. The van der Waals surface area contributed by atoms with Crippen molar-refractivity contribution in [3.63, 3.8) is 0 Å². The minimum absolute atomic E-state index is 0.0632. The van der Waals surface area contributed by atoms with E-state index in [4.69, 9.17) is 29.5 Å². The summed E-state index contributed by atoms with van der Waals surface area (Å²) in [5.74, 6) is 2.03. The number of phenols is 1. The van der Waals surface area contributed by atoms with E-state index in [1.807, 2.05) is 31.2 Å². The average Bonchev–Trinajstić information content (AvgIpc) is 3.50. The molecule has 246 valence electrons. The zero-order valence-electron chi connectivity index (χ0n) is 26.9. The van der Waals surface area contributed by atoms with Gasteiger partial charge in [0.05, 0.1) is 37.8 Å². The molecule has 9 heteroatoms. The van der Waals surface area contributed by atoms with Crippen LogP contribution in [0.3, 0.4) is 0 Å². The predicted molar refractivity (Wildman–Crippen MR) is 191 cm³/mol. The molecule has 0 bridgehead atoms. The van der Waals surface area contributed by atoms with Crippen molar-refractivity contribution in [3.8, 4) is 17.2 Å². The van der Waals surface area contributed by atoms with Crippen molar-refractivity contribution in [2.75, 3.05) is 13.2 Å². The fourth-order valence-corrected chi connectivity index (χ4v) is 5.68. The van der Waals surface area contributed by atoms with Crippen molar-refractivity contribution in [3.05, 3.63) is 84.7 Å². The van der Waals surface area contributed by atoms with Gasteiger partial charge in [-0.1, -0.05) is 18.2 Å². The third kappa shape index (κ3) is 18.4. The Morgan fingerprint density at radius 2 is 1.02 bits per heavy atom. The van der Waals surface area contributed by atoms with E-state index >= 15 is 0 Å². The molecule has 44 heavy (non-hydrogen) atoms. The van der Waals surface area contributed by atoms with Crippen LogP contribution in [0.2, 0.25) is 0 Å². The lowest BCUT2D eigenvalue weighted by Gasteiger charge is -2.21. The molecular weight excluding hydrogens is 756 g/mol. The summed E-state index contributed by atoms with van der Waals surface area (Å²) in [6, 6.07) is 17.6. The summed E-state index contributed by atoms with van der Waals surface area (Å²) in [5, 5.41) is 26.1. The highest BCUT2D eigenvalue weighted by atomic mass is 79.9. The first-order valence-electron chi connectivity index (χ1n) is 14.9. The zero-order chi connectivity index (χ0) is 33.2. The normalized spacial score (nSPS) is 14.7. The van der Waals surface area contributed by atoms with E-state index in [0.29, 0.717) is 12.2 Å². The van der Waals surface area contributed by atoms with E-state index in [1.165, 1.54) is 24.0 Å². The number of aromatic hydroxyl groups is 1. The van der Waals surface area contributed by atoms with E-state index in [-0.39, 0.29) is 24.4 Å². The third-order valence-corrected chi connectivity index (χ3v) is 7.98. The molecule has 0 radical (unpaired) electrons. The van der Waals surface area contributed by atoms with Gasteiger partial charge >= 0.3 is 0 Å². The molecule has 0 aliphatic carbocycles. The van der Waals surface area contributed by atoms with Gasteiger partial charge < -0.3 is 29.5 Å². The van der Waals surface area contributed by atoms with Gasteiger partial charge in [0.25, 0.3) is 0 Å². The van der Waals surface area contributed by atoms with Crippen LogP contribution in [0, 0.1) is 20.8 Å². The predicted octanol–water partition coefficient (Wildman–Crippen LogP) is 9.85. The molecule has 3 aromatic rings. The number of aryl methyl sites for hydroxylation is 3. The summed E-state index contributed by atoms with van der Waals surface area (Å²) in [5.41, 5.74) is 3.55. The molecule has 0 unspecified atom stereocenters. The molecule has 6 nitrogen and oxygen atoms in total. The van der Waals surface area contributed by atoms with Crippen molar-refractivity contribution >= 4 is 47.8 Å². The Morgan fingerprint density at radius 3 is 1.30 bits per heavy atom. The molecule has 1 heterocycles. The zero-order valence-corrected chi connectivity index (χ0v) is 31.7. The number of ether oxygens (including phenoxy) is 3. The number of aliphatic hydroxyl groups is 2. The maximum atomic E-state index is 9.00. The van der Waals surface area contributed by atoms with Crippen molar-refractivity contribution in [1.82, 2.24) is 0 Å². The van der Waals surface area contributed by atoms with Crippen molar-refractivity contribution < 1.29 is 29.5 Å². The van der Waals surface area contributed by atoms with Crippen LogP contribution in [-0.2, 0) is 4.74 Å². The van der Waals surface area contributed by atoms with Crippen LogP contribution in [0.15, 0.2) is 68.0 Å². The second kappa shape index (κ2) is 22.0. The second-order valence-electron chi connectivity index (χ2n) is 11.2. The van der Waals surface area contributed by atoms with Crippen LogP contribution in [0.4, 0.5) is 0 Å². The standard InChI is InChI=1S/C19H22Br2O2.C7H7BrO.C5H12O2.C4H8O/c1-12-5-7-18(16(20)9-12)22-14(3)11-15(4)23-19-8-6-13(2)10-17(19)21;1-5-2-3-7(9)6(8)4-5;1-4(6)3-5(2)7;1-2-4-5-3-1/h5-10,14-15H,11H2,1-4H3;2-4,9H,1H3;4-7H,3H2,1-2H3;1-4H2/t14-,15+;;4-,5+;. The quantitative estimate of drug-likeness (QED) is 0.210. The van der Waals surface area contributed by atoms with Crippen LogP contribution in [-0.4, -0.2) is 52.9 Å². The Hall–Kier alpha value is -1.62. The van der Waals surface area contributed by atoms with Crippen LogP contribution in [0.1, 0.15) is 70.1 Å². The third-order valence-electron chi connectivity index (χ3n) is 6.11. The smallest absolute Gasteiger partial charge is 0.133 e. The van der Waals surface area contributed by atoms with Crippen molar-refractivity contribution in [2.24, 2.45) is 0 Å². The number of benzene rings is 3. The van der Waals surface area contributed by atoms with Crippen LogP contribution in [0.25, 0.3) is 0 Å². The highest BCUT2D eigenvalue weighted by Crippen LogP contribution is 2.29. The molecule has 3 aromatic carbocycles. The van der Waals surface area contributed by atoms with Crippen molar-refractivity contribution in [2.45, 2.75) is 98.6 Å². The highest BCUT2D eigenvalue weighted by molar-refractivity contribution is 9.11. The first kappa shape index (κ1) is 40.4. The van der Waals surface area contributed by atoms with E-state index in [9.17, 15) is 0 Å². The van der Waals surface area contributed by atoms with E-state index < -0.39 is 0 Å². The lowest BCUT2D eigenvalue weighted by Crippen LogP contribution is -2.23. The summed E-state index contributed by atoms with van der Waals surface area (Å²) in [6.45, 7) is 15.6. The van der Waals surface area contributed by atoms with E-state index in [2.05, 4.69) is 99.8 Å². The van der Waals surface area contributed by atoms with Crippen LogP contribution >= 0.6 is 47.8 Å². The Kier molecular flexibility index (Phi) is 20.2. The van der Waals surface area contributed by atoms with Gasteiger partial charge in [0.2, 0.25) is 0 Å². The fraction of sp³-hybridized carbons (Fsp3) is 0.486. The van der Waals surface area contributed by atoms with E-state index in [0.717, 1.165) is 50.1 Å². The topological polar surface area (TPSA) is 88.4 Å². The number of hydrogen-bond acceptors (Lipinski definition) is 6. The highest BCUT2D eigenvalue weighted by Gasteiger charge is 2.14. The number of aliphatic hydroxyl groups excluding tert-OH is 2. The summed E-state index contributed by atoms with van der Waals surface area (Å²) < 4.78 is 19.7. The SMILES string of the molecule is C1CCOC1.C[C@H](O)C[C@@H](C)O.Cc1ccc(O)c(Br)c1.Cc1ccc(O[C@H](C)C[C@H](C)Oc2ccc(C)cc2Br)c(Br)c1. The first-order chi connectivity index (χ1) is 20.7. The van der Waals surface area contributed by atoms with Gasteiger partial charge in [-0.05, 0) is 169 Å². The molecule has 3 N–H and O–H groups in total. The molecular formula is C35H49Br3O6. The molecule has 1 saturated heterocycles. The summed E-state index contributed by atoms with van der Waals surface area (Å²) in [4.78, 5) is 0. The second-order valence-corrected chi connectivity index (χ2v) is 13.7. The Bertz CT molecular complexity index is 1160. The molecule has 0 saturated carbocycles. The maximum Gasteiger partial charge on any atom is 0.133 e. The number of phenolic OH excluding ortho intramolecular Hbond substituents is 1. The molecule has 1 fully saturated rings. The molecule has 0 aromatic heterocycles. The molecule has 4 atom stereocenters. The first-order valence-corrected chi connectivity index (χ1v) is 17.3. The van der Waals surface area contributed by atoms with Gasteiger partial charge in [0, 0.05) is 19.6 Å². The van der Waals surface area contributed by atoms with E-state index in [1.54, 1.807) is 19.9 Å². The molecule has 1 aliphatic heterocycles. The van der Waals surface area contributed by atoms with Gasteiger partial charge in [-0.25, -0.2) is 0 Å². The average molecular weight is 805 g/mol. The maximum absolute atomic E-state index is 9.00. The summed E-state index contributed by atoms with van der Waals surface area (Å²) >= 11 is 10.3. The largest absolute Gasteiger partial charge is 0.507 e. The lowest BCUT2D eigenvalue weighted by atomic mass is 10.2. The Labute approximate surface area is 289 Å². The number of rotatable bonds is 8.